The number of pyridine rings is 1. The van der Waals surface area contributed by atoms with Crippen LogP contribution in [0.5, 0.6) is 0 Å². The highest BCUT2D eigenvalue weighted by Gasteiger charge is 2.28. The zero-order chi connectivity index (χ0) is 28.4. The molecule has 7 nitrogen and oxygen atoms in total. The Morgan fingerprint density at radius 2 is 1.70 bits per heavy atom. The number of fused-ring (bicyclic) bond motifs is 1. The second-order valence-corrected chi connectivity index (χ2v) is 10.6. The number of benzene rings is 3. The largest absolute Gasteiger partial charge is 0.448 e. The average molecular weight is 572 g/mol. The first kappa shape index (κ1) is 27.3. The number of rotatable bonds is 7. The molecule has 0 bridgehead atoms. The molecule has 0 saturated heterocycles. The fourth-order valence-electron chi connectivity index (χ4n) is 4.53. The maximum Gasteiger partial charge on any atom is 0.356 e. The van der Waals surface area contributed by atoms with Gasteiger partial charge in [-0.15, -0.1) is 11.3 Å². The normalized spacial score (nSPS) is 11.8. The lowest BCUT2D eigenvalue weighted by atomic mass is 9.96. The van der Waals surface area contributed by atoms with Gasteiger partial charge in [0.1, 0.15) is 5.69 Å². The summed E-state index contributed by atoms with van der Waals surface area (Å²) in [4.78, 5) is 44.5. The van der Waals surface area contributed by atoms with Gasteiger partial charge in [-0.2, -0.15) is 0 Å². The van der Waals surface area contributed by atoms with Crippen molar-refractivity contribution in [2.24, 2.45) is 7.05 Å². The molecule has 0 spiro atoms. The minimum Gasteiger partial charge on any atom is -0.448 e. The van der Waals surface area contributed by atoms with Crippen molar-refractivity contribution in [1.29, 1.82) is 0 Å². The molecule has 2 heterocycles. The Morgan fingerprint density at radius 3 is 2.40 bits per heavy atom. The van der Waals surface area contributed by atoms with Gasteiger partial charge in [0.05, 0.1) is 5.69 Å². The number of thiazole rings is 1. The lowest BCUT2D eigenvalue weighted by Crippen LogP contribution is -2.34. The molecule has 0 aliphatic heterocycles. The molecule has 1 unspecified atom stereocenters. The second kappa shape index (κ2) is 11.5. The summed E-state index contributed by atoms with van der Waals surface area (Å²) >= 11 is 7.53. The molecular formula is C31H26ClN3O4S. The first-order valence-corrected chi connectivity index (χ1v) is 13.9. The SMILES string of the molecule is CCC(OC(=O)c1c(-c2ccc(C)cc2)c2ccccc2c(=O)n1C)C(=O)Nc1nc(-c2ccccc2Cl)cs1. The molecule has 1 amide bonds. The smallest absolute Gasteiger partial charge is 0.356 e. The van der Waals surface area contributed by atoms with E-state index in [0.29, 0.717) is 32.2 Å². The molecule has 0 radical (unpaired) electrons. The van der Waals surface area contributed by atoms with E-state index in [-0.39, 0.29) is 17.7 Å². The fourth-order valence-corrected chi connectivity index (χ4v) is 5.48. The molecule has 40 heavy (non-hydrogen) atoms. The van der Waals surface area contributed by atoms with Crippen LogP contribution in [0.1, 0.15) is 29.4 Å². The van der Waals surface area contributed by atoms with Gasteiger partial charge in [0.2, 0.25) is 0 Å². The van der Waals surface area contributed by atoms with E-state index in [0.717, 1.165) is 16.7 Å². The third-order valence-corrected chi connectivity index (χ3v) is 7.72. The van der Waals surface area contributed by atoms with E-state index in [4.69, 9.17) is 16.3 Å². The minimum atomic E-state index is -1.10. The fraction of sp³-hybridized carbons (Fsp3) is 0.161. The van der Waals surface area contributed by atoms with E-state index >= 15 is 0 Å². The van der Waals surface area contributed by atoms with Crippen LogP contribution in [0.3, 0.4) is 0 Å². The van der Waals surface area contributed by atoms with Crippen molar-refractivity contribution in [3.05, 3.63) is 105 Å². The van der Waals surface area contributed by atoms with Crippen LogP contribution in [-0.2, 0) is 16.6 Å². The van der Waals surface area contributed by atoms with Crippen LogP contribution in [0.2, 0.25) is 5.02 Å². The monoisotopic (exact) mass is 571 g/mol. The number of carbonyl (C=O) groups excluding carboxylic acids is 2. The predicted octanol–water partition coefficient (Wildman–Crippen LogP) is 6.86. The number of hydrogen-bond acceptors (Lipinski definition) is 6. The van der Waals surface area contributed by atoms with Crippen LogP contribution in [0.4, 0.5) is 5.13 Å². The summed E-state index contributed by atoms with van der Waals surface area (Å²) in [7, 11) is 1.54. The number of nitrogens with zero attached hydrogens (tertiary/aromatic N) is 2. The van der Waals surface area contributed by atoms with Crippen molar-refractivity contribution in [2.75, 3.05) is 5.32 Å². The topological polar surface area (TPSA) is 90.3 Å². The number of ether oxygens (including phenoxy) is 1. The summed E-state index contributed by atoms with van der Waals surface area (Å²) in [6.07, 6.45) is -0.880. The Morgan fingerprint density at radius 1 is 1.02 bits per heavy atom. The first-order valence-electron chi connectivity index (χ1n) is 12.7. The van der Waals surface area contributed by atoms with E-state index in [1.807, 2.05) is 61.5 Å². The summed E-state index contributed by atoms with van der Waals surface area (Å²) < 4.78 is 7.04. The Kier molecular flexibility index (Phi) is 7.82. The van der Waals surface area contributed by atoms with Crippen molar-refractivity contribution in [1.82, 2.24) is 9.55 Å². The highest BCUT2D eigenvalue weighted by Crippen LogP contribution is 2.32. The molecule has 5 rings (SSSR count). The van der Waals surface area contributed by atoms with Gasteiger partial charge in [0, 0.05) is 34.0 Å². The molecule has 0 fully saturated rings. The molecule has 1 atom stereocenters. The number of nitrogens with one attached hydrogen (secondary N) is 1. The van der Waals surface area contributed by atoms with Crippen molar-refractivity contribution < 1.29 is 14.3 Å². The van der Waals surface area contributed by atoms with Gasteiger partial charge in [-0.1, -0.05) is 84.8 Å². The van der Waals surface area contributed by atoms with E-state index < -0.39 is 18.0 Å². The van der Waals surface area contributed by atoms with Gasteiger partial charge in [0.25, 0.3) is 11.5 Å². The molecule has 5 aromatic rings. The van der Waals surface area contributed by atoms with E-state index in [1.165, 1.54) is 23.0 Å². The molecule has 3 aromatic carbocycles. The van der Waals surface area contributed by atoms with E-state index in [2.05, 4.69) is 10.3 Å². The lowest BCUT2D eigenvalue weighted by Gasteiger charge is -2.20. The van der Waals surface area contributed by atoms with E-state index in [1.54, 1.807) is 30.5 Å². The standard InChI is InChI=1S/C31H26ClN3O4S/c1-4-25(28(36)34-31-33-24(17-40-31)22-11-7-8-12-23(22)32)39-30(38)27-26(19-15-13-18(2)14-16-19)20-9-5-6-10-21(20)29(37)35(27)3/h5-17,25H,4H2,1-3H3,(H,33,34,36). The summed E-state index contributed by atoms with van der Waals surface area (Å²) in [6, 6.07) is 22.1. The van der Waals surface area contributed by atoms with Crippen molar-refractivity contribution in [3.8, 4) is 22.4 Å². The van der Waals surface area contributed by atoms with Crippen molar-refractivity contribution >= 4 is 50.7 Å². The van der Waals surface area contributed by atoms with Crippen LogP contribution >= 0.6 is 22.9 Å². The molecule has 2 aromatic heterocycles. The number of carbonyl (C=O) groups is 2. The first-order chi connectivity index (χ1) is 19.3. The molecular weight excluding hydrogens is 546 g/mol. The number of aryl methyl sites for hydroxylation is 1. The Balaban J connectivity index is 1.46. The molecule has 9 heteroatoms. The zero-order valence-electron chi connectivity index (χ0n) is 22.1. The lowest BCUT2D eigenvalue weighted by molar-refractivity contribution is -0.124. The maximum absolute atomic E-state index is 13.7. The highest BCUT2D eigenvalue weighted by molar-refractivity contribution is 7.14. The quantitative estimate of drug-likeness (QED) is 0.215. The number of esters is 1. The molecule has 0 aliphatic carbocycles. The Hall–Kier alpha value is -4.27. The van der Waals surface area contributed by atoms with Gasteiger partial charge < -0.3 is 9.30 Å². The number of hydrogen-bond donors (Lipinski definition) is 1. The number of halogens is 1. The predicted molar refractivity (Wildman–Crippen MR) is 160 cm³/mol. The van der Waals surface area contributed by atoms with Gasteiger partial charge in [-0.3, -0.25) is 14.9 Å². The Bertz CT molecular complexity index is 1790. The summed E-state index contributed by atoms with van der Waals surface area (Å²) in [5.41, 5.74) is 3.52. The van der Waals surface area contributed by atoms with Gasteiger partial charge in [-0.25, -0.2) is 9.78 Å². The number of aromatic nitrogens is 2. The van der Waals surface area contributed by atoms with Gasteiger partial charge in [-0.05, 0) is 36.4 Å². The number of amides is 1. The van der Waals surface area contributed by atoms with Crippen LogP contribution in [0, 0.1) is 6.92 Å². The number of anilines is 1. The van der Waals surface area contributed by atoms with Crippen molar-refractivity contribution in [2.45, 2.75) is 26.4 Å². The molecule has 0 aliphatic rings. The second-order valence-electron chi connectivity index (χ2n) is 9.31. The third-order valence-electron chi connectivity index (χ3n) is 6.63. The van der Waals surface area contributed by atoms with Gasteiger partial charge in [0.15, 0.2) is 11.2 Å². The van der Waals surface area contributed by atoms with Crippen LogP contribution in [0.25, 0.3) is 33.2 Å². The van der Waals surface area contributed by atoms with Crippen molar-refractivity contribution in [3.63, 3.8) is 0 Å². The molecule has 202 valence electrons. The molecule has 1 N–H and O–H groups in total. The summed E-state index contributed by atoms with van der Waals surface area (Å²) in [5.74, 6) is -1.28. The van der Waals surface area contributed by atoms with Crippen LogP contribution in [-0.4, -0.2) is 27.5 Å². The highest BCUT2D eigenvalue weighted by atomic mass is 35.5. The summed E-state index contributed by atoms with van der Waals surface area (Å²) in [6.45, 7) is 3.72. The van der Waals surface area contributed by atoms with E-state index in [9.17, 15) is 14.4 Å². The Labute approximate surface area is 240 Å². The average Bonchev–Trinajstić information content (AvgIpc) is 3.42. The van der Waals surface area contributed by atoms with Crippen LogP contribution < -0.4 is 10.9 Å². The van der Waals surface area contributed by atoms with Gasteiger partial charge >= 0.3 is 5.97 Å². The minimum absolute atomic E-state index is 0.0778. The molecule has 0 saturated carbocycles. The maximum atomic E-state index is 13.7. The zero-order valence-corrected chi connectivity index (χ0v) is 23.7. The summed E-state index contributed by atoms with van der Waals surface area (Å²) in [5, 5.41) is 6.57. The van der Waals surface area contributed by atoms with Crippen LogP contribution in [0.15, 0.2) is 83.0 Å². The third kappa shape index (κ3) is 5.28.